The van der Waals surface area contributed by atoms with Gasteiger partial charge < -0.3 is 33.9 Å². The van der Waals surface area contributed by atoms with Crippen LogP contribution in [0.3, 0.4) is 0 Å². The van der Waals surface area contributed by atoms with Gasteiger partial charge in [-0.25, -0.2) is 9.97 Å². The molecule has 1 aliphatic rings. The van der Waals surface area contributed by atoms with Gasteiger partial charge in [-0.05, 0) is 49.6 Å². The van der Waals surface area contributed by atoms with E-state index in [1.54, 1.807) is 43.5 Å². The van der Waals surface area contributed by atoms with Crippen LogP contribution in [0.4, 0.5) is 0 Å². The summed E-state index contributed by atoms with van der Waals surface area (Å²) in [6, 6.07) is 7.81. The number of oxazole rings is 1. The molecule has 0 radical (unpaired) electrons. The number of pyridine rings is 1. The normalized spacial score (nSPS) is 16.8. The number of nitrogens with zero attached hydrogens (tertiary/aromatic N) is 4. The Labute approximate surface area is 241 Å². The molecule has 4 aromatic rings. The Hall–Kier alpha value is -4.94. The van der Waals surface area contributed by atoms with E-state index in [4.69, 9.17) is 18.4 Å². The number of rotatable bonds is 3. The van der Waals surface area contributed by atoms with Gasteiger partial charge in [0.25, 0.3) is 5.91 Å². The largest absolute Gasteiger partial charge is 0.493 e. The van der Waals surface area contributed by atoms with Gasteiger partial charge in [-0.1, -0.05) is 19.0 Å². The molecule has 0 unspecified atom stereocenters. The van der Waals surface area contributed by atoms with Crippen molar-refractivity contribution in [3.63, 3.8) is 0 Å². The Morgan fingerprint density at radius 3 is 2.83 bits per heavy atom. The number of carbonyl (C=O) groups is 3. The van der Waals surface area contributed by atoms with Crippen molar-refractivity contribution in [1.82, 2.24) is 30.7 Å². The molecule has 0 aliphatic carbocycles. The highest BCUT2D eigenvalue weighted by Crippen LogP contribution is 2.33. The third-order valence-electron chi connectivity index (χ3n) is 6.90. The van der Waals surface area contributed by atoms with E-state index in [1.165, 1.54) is 12.0 Å². The van der Waals surface area contributed by atoms with Gasteiger partial charge in [-0.15, -0.1) is 0 Å². The van der Waals surface area contributed by atoms with Crippen LogP contribution in [0.2, 0.25) is 0 Å². The average Bonchev–Trinajstić information content (AvgIpc) is 3.58. The molecule has 4 heterocycles. The van der Waals surface area contributed by atoms with Crippen LogP contribution in [0.25, 0.3) is 22.5 Å². The first-order valence-electron chi connectivity index (χ1n) is 13.6. The van der Waals surface area contributed by atoms with E-state index in [0.29, 0.717) is 46.2 Å². The maximum absolute atomic E-state index is 13.6. The highest BCUT2D eigenvalue weighted by molar-refractivity contribution is 6.04. The monoisotopic (exact) mass is 576 g/mol. The number of methoxy groups -OCH3 is 1. The fourth-order valence-electron chi connectivity index (χ4n) is 4.62. The Morgan fingerprint density at radius 2 is 2.05 bits per heavy atom. The second-order valence-corrected chi connectivity index (χ2v) is 10.2. The molecule has 220 valence electrons. The second-order valence-electron chi connectivity index (χ2n) is 10.2. The van der Waals surface area contributed by atoms with Crippen LogP contribution in [0, 0.1) is 12.8 Å². The zero-order chi connectivity index (χ0) is 29.8. The van der Waals surface area contributed by atoms with Crippen molar-refractivity contribution in [3.8, 4) is 23.0 Å². The van der Waals surface area contributed by atoms with Crippen molar-refractivity contribution in [2.45, 2.75) is 39.8 Å². The molecule has 4 bridgehead atoms. The van der Waals surface area contributed by atoms with Crippen molar-refractivity contribution in [1.29, 1.82) is 0 Å². The number of amides is 3. The lowest BCUT2D eigenvalue weighted by Gasteiger charge is -2.25. The van der Waals surface area contributed by atoms with Gasteiger partial charge in [0.05, 0.1) is 32.2 Å². The van der Waals surface area contributed by atoms with Crippen LogP contribution >= 0.6 is 0 Å². The Bertz CT molecular complexity index is 1610. The molecule has 0 saturated heterocycles. The van der Waals surface area contributed by atoms with Crippen molar-refractivity contribution in [2.75, 3.05) is 26.8 Å². The zero-order valence-corrected chi connectivity index (χ0v) is 23.8. The van der Waals surface area contributed by atoms with Gasteiger partial charge in [-0.3, -0.25) is 14.4 Å². The minimum absolute atomic E-state index is 0.0265. The summed E-state index contributed by atoms with van der Waals surface area (Å²) >= 11 is 0. The minimum Gasteiger partial charge on any atom is -0.493 e. The van der Waals surface area contributed by atoms with Gasteiger partial charge in [0.15, 0.2) is 11.5 Å². The standard InChI is InChI=1S/C29H32N6O7/c1-16(2)24-27(37)31-14-20-17(3)41-28(32-20)18-8-9-21(39-4)22(13-18)40-12-6-11-35(15-23(36)33-24)29(38)25-19-7-5-10-30-26(19)34-42-25/h5,7-10,13,16,24H,6,11-12,14-15H2,1-4H3,(H,31,37)(H,33,36)/t24-/m0/s1. The number of ether oxygens (including phenoxy) is 2. The highest BCUT2D eigenvalue weighted by atomic mass is 16.5. The smallest absolute Gasteiger partial charge is 0.293 e. The Balaban J connectivity index is 1.46. The van der Waals surface area contributed by atoms with Gasteiger partial charge in [0.1, 0.15) is 17.5 Å². The molecule has 1 atom stereocenters. The summed E-state index contributed by atoms with van der Waals surface area (Å²) in [5.74, 6) is 0.217. The summed E-state index contributed by atoms with van der Waals surface area (Å²) in [4.78, 5) is 50.0. The molecule has 1 aromatic carbocycles. The first-order chi connectivity index (χ1) is 20.2. The predicted octanol–water partition coefficient (Wildman–Crippen LogP) is 2.88. The molecule has 13 nitrogen and oxygen atoms in total. The second kappa shape index (κ2) is 12.3. The summed E-state index contributed by atoms with van der Waals surface area (Å²) in [5.41, 5.74) is 1.51. The maximum atomic E-state index is 13.6. The lowest BCUT2D eigenvalue weighted by molar-refractivity contribution is -0.130. The van der Waals surface area contributed by atoms with Gasteiger partial charge in [0, 0.05) is 18.3 Å². The van der Waals surface area contributed by atoms with Crippen molar-refractivity contribution in [2.24, 2.45) is 5.92 Å². The molecule has 0 fully saturated rings. The maximum Gasteiger partial charge on any atom is 0.293 e. The van der Waals surface area contributed by atoms with Gasteiger partial charge in [0.2, 0.25) is 29.1 Å². The van der Waals surface area contributed by atoms with Crippen molar-refractivity contribution < 1.29 is 32.8 Å². The number of aryl methyl sites for hydroxylation is 1. The average molecular weight is 577 g/mol. The van der Waals surface area contributed by atoms with E-state index >= 15 is 0 Å². The van der Waals surface area contributed by atoms with E-state index in [2.05, 4.69) is 25.8 Å². The molecule has 2 N–H and O–H groups in total. The number of hydrogen-bond acceptors (Lipinski definition) is 10. The molecule has 42 heavy (non-hydrogen) atoms. The molecule has 0 spiro atoms. The lowest BCUT2D eigenvalue weighted by atomic mass is 10.0. The van der Waals surface area contributed by atoms with Crippen molar-refractivity contribution >= 4 is 28.8 Å². The first-order valence-corrected chi connectivity index (χ1v) is 13.6. The SMILES string of the molecule is COc1ccc2cc1OCCCN(C(=O)c1onc3ncccc13)CC(=O)N[C@@H](C(C)C)C(=O)NCc1nc-2oc1C. The summed E-state index contributed by atoms with van der Waals surface area (Å²) in [5, 5.41) is 9.92. The fraction of sp³-hybridized carbons (Fsp3) is 0.379. The molecule has 0 saturated carbocycles. The topological polar surface area (TPSA) is 162 Å². The van der Waals surface area contributed by atoms with Gasteiger partial charge in [-0.2, -0.15) is 0 Å². The van der Waals surface area contributed by atoms with E-state index in [1.807, 2.05) is 13.8 Å². The number of fused-ring (bicyclic) bond motifs is 6. The zero-order valence-electron chi connectivity index (χ0n) is 23.8. The minimum atomic E-state index is -0.845. The quantitative estimate of drug-likeness (QED) is 0.371. The number of hydrogen-bond donors (Lipinski definition) is 2. The van der Waals surface area contributed by atoms with Crippen LogP contribution in [0.5, 0.6) is 11.5 Å². The molecular formula is C29H32N6O7. The van der Waals surface area contributed by atoms with E-state index < -0.39 is 17.9 Å². The van der Waals surface area contributed by atoms with E-state index in [0.717, 1.165) is 0 Å². The van der Waals surface area contributed by atoms with Crippen molar-refractivity contribution in [3.05, 3.63) is 53.7 Å². The highest BCUT2D eigenvalue weighted by Gasteiger charge is 2.29. The van der Waals surface area contributed by atoms with Gasteiger partial charge >= 0.3 is 0 Å². The fourth-order valence-corrected chi connectivity index (χ4v) is 4.62. The molecule has 3 amide bonds. The van der Waals surface area contributed by atoms with Crippen LogP contribution in [-0.2, 0) is 16.1 Å². The third kappa shape index (κ3) is 6.04. The third-order valence-corrected chi connectivity index (χ3v) is 6.90. The number of nitrogens with one attached hydrogen (secondary N) is 2. The number of carbonyl (C=O) groups excluding carboxylic acids is 3. The molecule has 1 aliphatic heterocycles. The Kier molecular flexibility index (Phi) is 8.36. The van der Waals surface area contributed by atoms with Crippen LogP contribution in [-0.4, -0.2) is 70.6 Å². The molecule has 13 heteroatoms. The first kappa shape index (κ1) is 28.6. The number of benzene rings is 1. The predicted molar refractivity (Wildman–Crippen MR) is 150 cm³/mol. The van der Waals surface area contributed by atoms with Crippen LogP contribution < -0.4 is 20.1 Å². The summed E-state index contributed by atoms with van der Waals surface area (Å²) in [6.45, 7) is 5.56. The lowest BCUT2D eigenvalue weighted by Crippen LogP contribution is -2.52. The Morgan fingerprint density at radius 1 is 1.21 bits per heavy atom. The summed E-state index contributed by atoms with van der Waals surface area (Å²) in [6.07, 6.45) is 1.91. The molecule has 5 rings (SSSR count). The van der Waals surface area contributed by atoms with E-state index in [-0.39, 0.29) is 49.5 Å². The summed E-state index contributed by atoms with van der Waals surface area (Å²) < 4.78 is 22.7. The van der Waals surface area contributed by atoms with Crippen LogP contribution in [0.1, 0.15) is 42.3 Å². The number of aromatic nitrogens is 3. The molecular weight excluding hydrogens is 544 g/mol. The molecule has 3 aromatic heterocycles. The van der Waals surface area contributed by atoms with E-state index in [9.17, 15) is 14.4 Å². The summed E-state index contributed by atoms with van der Waals surface area (Å²) in [7, 11) is 1.54. The van der Waals surface area contributed by atoms with Crippen LogP contribution in [0.15, 0.2) is 45.5 Å².